The molecule has 19 nitrogen and oxygen atoms in total. The van der Waals surface area contributed by atoms with Crippen molar-refractivity contribution in [1.29, 1.82) is 0 Å². The number of carbonyl (C=O) groups is 11. The molecule has 0 heterocycles. The minimum absolute atomic E-state index is 0.0170. The number of amides is 5. The highest BCUT2D eigenvalue weighted by atomic mass is 16.2. The van der Waals surface area contributed by atoms with Gasteiger partial charge in [-0.1, -0.05) is 139 Å². The zero-order valence-corrected chi connectivity index (χ0v) is 59.6. The predicted molar refractivity (Wildman–Crippen MR) is 365 cm³/mol. The minimum Gasteiger partial charge on any atom is -0.335 e. The van der Waals surface area contributed by atoms with Crippen molar-refractivity contribution in [2.75, 3.05) is 85.1 Å². The van der Waals surface area contributed by atoms with Gasteiger partial charge < -0.3 is 41.7 Å². The molecule has 6 N–H and O–H groups in total. The first kappa shape index (κ1) is 86.2. The third kappa shape index (κ3) is 45.3. The lowest BCUT2D eigenvalue weighted by atomic mass is 9.89. The van der Waals surface area contributed by atoms with Crippen LogP contribution in [0.1, 0.15) is 263 Å². The molecular weight excluding hydrogens is 1150 g/mol. The van der Waals surface area contributed by atoms with Gasteiger partial charge in [0.25, 0.3) is 0 Å². The Hall–Kier alpha value is -4.75. The molecule has 0 unspecified atom stereocenters. The largest absolute Gasteiger partial charge is 0.335 e. The number of ketones is 6. The summed E-state index contributed by atoms with van der Waals surface area (Å²) in [7, 11) is 0. The Kier molecular flexibility index (Phi) is 48.9. The van der Waals surface area contributed by atoms with Crippen molar-refractivity contribution >= 4 is 64.2 Å². The van der Waals surface area contributed by atoms with E-state index < -0.39 is 0 Å². The van der Waals surface area contributed by atoms with Gasteiger partial charge in [-0.2, -0.15) is 0 Å². The lowest BCUT2D eigenvalue weighted by Gasteiger charge is -2.31. The monoisotopic (exact) mass is 1290 g/mol. The van der Waals surface area contributed by atoms with Gasteiger partial charge in [0.05, 0.1) is 32.7 Å². The molecule has 91 heavy (non-hydrogen) atoms. The summed E-state index contributed by atoms with van der Waals surface area (Å²) in [6.07, 6.45) is 20.5. The Morgan fingerprint density at radius 1 is 0.308 bits per heavy atom. The molecule has 0 bridgehead atoms. The van der Waals surface area contributed by atoms with E-state index in [0.29, 0.717) is 57.9 Å². The van der Waals surface area contributed by atoms with Gasteiger partial charge in [0.2, 0.25) is 29.5 Å². The van der Waals surface area contributed by atoms with Crippen molar-refractivity contribution in [2.45, 2.75) is 263 Å². The molecule has 19 heteroatoms. The standard InChI is InChI=1S/C72H132N8O11/c1-13-14-15-16-17-18-19-20-21-22-23-24-25-29-65(84)39-57(8)44-76(60(11)82)50-66(85)40-58(9)45-77(61(12)83)51-67(86)41-63(37-55(4)5)48-79(71(90)31-27-34-74)53-69(88)43-64(38-56(6)7)49-80(72(91)32-28-35-75)52-68(87)42-62(36-54(2)3)47-78(46-59(10)81)70(89)30-26-33-73/h54-58,62-64H,13-53,73-75H2,1-12H3/t57-,58-,62-,63-,64-/m1/s1. The smallest absolute Gasteiger partial charge is 0.223 e. The van der Waals surface area contributed by atoms with Gasteiger partial charge in [0.15, 0.2) is 23.1 Å². The van der Waals surface area contributed by atoms with Crippen LogP contribution < -0.4 is 17.2 Å². The van der Waals surface area contributed by atoms with Crippen LogP contribution in [0.4, 0.5) is 0 Å². The van der Waals surface area contributed by atoms with Crippen LogP contribution in [-0.2, 0) is 52.7 Å². The second kappa shape index (κ2) is 51.6. The van der Waals surface area contributed by atoms with E-state index >= 15 is 0 Å². The summed E-state index contributed by atoms with van der Waals surface area (Å²) in [5, 5.41) is 0. The molecule has 5 amide bonds. The lowest BCUT2D eigenvalue weighted by molar-refractivity contribution is -0.138. The van der Waals surface area contributed by atoms with Crippen molar-refractivity contribution in [3.63, 3.8) is 0 Å². The first-order chi connectivity index (χ1) is 43.0. The Labute approximate surface area is 551 Å². The molecule has 0 aliphatic heterocycles. The zero-order valence-electron chi connectivity index (χ0n) is 59.6. The fourth-order valence-electron chi connectivity index (χ4n) is 12.7. The van der Waals surface area contributed by atoms with Crippen molar-refractivity contribution in [3.8, 4) is 0 Å². The van der Waals surface area contributed by atoms with Gasteiger partial charge >= 0.3 is 0 Å². The summed E-state index contributed by atoms with van der Waals surface area (Å²) in [5.74, 6) is -3.25. The number of nitrogens with two attached hydrogens (primary N) is 3. The van der Waals surface area contributed by atoms with Crippen LogP contribution in [0.2, 0.25) is 0 Å². The summed E-state index contributed by atoms with van der Waals surface area (Å²) in [4.78, 5) is 156. The summed E-state index contributed by atoms with van der Waals surface area (Å²) in [5.41, 5.74) is 17.4. The molecule has 0 aliphatic carbocycles. The van der Waals surface area contributed by atoms with Crippen LogP contribution in [0.5, 0.6) is 0 Å². The number of rotatable bonds is 59. The molecule has 0 spiro atoms. The van der Waals surface area contributed by atoms with E-state index in [2.05, 4.69) is 6.92 Å². The minimum atomic E-state index is -0.369. The second-order valence-electron chi connectivity index (χ2n) is 28.4. The maximum absolute atomic E-state index is 14.4. The summed E-state index contributed by atoms with van der Waals surface area (Å²) < 4.78 is 0. The molecule has 0 fully saturated rings. The van der Waals surface area contributed by atoms with Crippen LogP contribution in [0.25, 0.3) is 0 Å². The van der Waals surface area contributed by atoms with Crippen molar-refractivity contribution < 1.29 is 52.7 Å². The molecule has 0 rings (SSSR count). The van der Waals surface area contributed by atoms with Crippen LogP contribution in [0, 0.1) is 47.3 Å². The molecule has 0 saturated heterocycles. The highest BCUT2D eigenvalue weighted by Crippen LogP contribution is 2.25. The zero-order chi connectivity index (χ0) is 68.8. The van der Waals surface area contributed by atoms with E-state index in [9.17, 15) is 52.7 Å². The molecular formula is C72H132N8O11. The average Bonchev–Trinajstić information content (AvgIpc) is 1.94. The van der Waals surface area contributed by atoms with Crippen LogP contribution >= 0.6 is 0 Å². The van der Waals surface area contributed by atoms with Gasteiger partial charge in [-0.15, -0.1) is 0 Å². The number of hydrogen-bond donors (Lipinski definition) is 3. The highest BCUT2D eigenvalue weighted by molar-refractivity contribution is 5.89. The number of hydrogen-bond acceptors (Lipinski definition) is 14. The van der Waals surface area contributed by atoms with Gasteiger partial charge in [-0.05, 0) is 119 Å². The summed E-state index contributed by atoms with van der Waals surface area (Å²) in [6, 6.07) is 0. The first-order valence-corrected chi connectivity index (χ1v) is 35.6. The molecule has 0 aliphatic rings. The van der Waals surface area contributed by atoms with E-state index in [1.165, 1.54) is 109 Å². The predicted octanol–water partition coefficient (Wildman–Crippen LogP) is 10.5. The fraction of sp³-hybridized carbons (Fsp3) is 0.847. The molecule has 5 atom stereocenters. The maximum Gasteiger partial charge on any atom is 0.223 e. The third-order valence-electron chi connectivity index (χ3n) is 16.8. The highest BCUT2D eigenvalue weighted by Gasteiger charge is 2.31. The number of Topliss-reactive ketones (excluding diaryl/α,β-unsaturated/α-hetero) is 6. The Morgan fingerprint density at radius 2 is 0.582 bits per heavy atom. The van der Waals surface area contributed by atoms with Gasteiger partial charge in [0, 0.05) is 104 Å². The van der Waals surface area contributed by atoms with Crippen molar-refractivity contribution in [2.24, 2.45) is 64.5 Å². The van der Waals surface area contributed by atoms with E-state index in [4.69, 9.17) is 17.2 Å². The van der Waals surface area contributed by atoms with Gasteiger partial charge in [-0.3, -0.25) is 52.7 Å². The third-order valence-corrected chi connectivity index (χ3v) is 16.8. The van der Waals surface area contributed by atoms with Gasteiger partial charge in [-0.25, -0.2) is 0 Å². The van der Waals surface area contributed by atoms with Gasteiger partial charge in [0.1, 0.15) is 11.6 Å². The second-order valence-corrected chi connectivity index (χ2v) is 28.4. The van der Waals surface area contributed by atoms with E-state index in [1.54, 1.807) is 0 Å². The molecule has 0 radical (unpaired) electrons. The summed E-state index contributed by atoms with van der Waals surface area (Å²) >= 11 is 0. The van der Waals surface area contributed by atoms with E-state index in [-0.39, 0.29) is 235 Å². The fourth-order valence-corrected chi connectivity index (χ4v) is 12.7. The Morgan fingerprint density at radius 3 is 0.868 bits per heavy atom. The number of nitrogens with zero attached hydrogens (tertiary/aromatic N) is 5. The van der Waals surface area contributed by atoms with Crippen LogP contribution in [0.15, 0.2) is 0 Å². The summed E-state index contributed by atoms with van der Waals surface area (Å²) in [6.45, 7) is 23.2. The number of unbranched alkanes of at least 4 members (excludes halogenated alkanes) is 12. The molecule has 0 saturated carbocycles. The SMILES string of the molecule is CCCCCCCCCCCCCCCC(=O)C[C@@H](C)CN(CC(=O)C[C@@H](C)CN(CC(=O)C[C@@H](CC(C)C)CN(CC(=O)C[C@@H](CC(C)C)CN(CC(=O)C[C@@H](CC(C)C)CN(CC(C)=O)C(=O)CCCN)C(=O)CCCN)C(=O)CCCN)C(C)=O)C(C)=O. The normalized spacial score (nSPS) is 13.2. The topological polar surface area (TPSA) is 282 Å². The average molecular weight is 1290 g/mol. The van der Waals surface area contributed by atoms with Crippen molar-refractivity contribution in [3.05, 3.63) is 0 Å². The molecule has 526 valence electrons. The van der Waals surface area contributed by atoms with Crippen LogP contribution in [-0.4, -0.2) is 174 Å². The molecule has 0 aromatic heterocycles. The quantitative estimate of drug-likeness (QED) is 0.0478. The van der Waals surface area contributed by atoms with Crippen molar-refractivity contribution in [1.82, 2.24) is 24.5 Å². The Balaban J connectivity index is 6.06. The first-order valence-electron chi connectivity index (χ1n) is 35.6. The van der Waals surface area contributed by atoms with E-state index in [1.807, 2.05) is 55.4 Å². The Bertz CT molecular complexity index is 2140. The molecule has 0 aromatic rings. The van der Waals surface area contributed by atoms with E-state index in [0.717, 1.165) is 19.3 Å². The lowest BCUT2D eigenvalue weighted by Crippen LogP contribution is -2.43. The maximum atomic E-state index is 14.4. The number of carbonyl (C=O) groups excluding carboxylic acids is 11. The molecule has 0 aromatic carbocycles. The van der Waals surface area contributed by atoms with Crippen LogP contribution in [0.3, 0.4) is 0 Å².